The van der Waals surface area contributed by atoms with Gasteiger partial charge < -0.3 is 44.9 Å². The number of nitrogens with two attached hydrogens (primary N) is 1. The molecule has 4 N–H and O–H groups in total. The Labute approximate surface area is 423 Å². The Kier molecular flexibility index (Phi) is 17.2. The van der Waals surface area contributed by atoms with E-state index in [1.807, 2.05) is 81.8 Å². The third-order valence-corrected chi connectivity index (χ3v) is 13.2. The molecule has 4 aromatic carbocycles. The summed E-state index contributed by atoms with van der Waals surface area (Å²) in [6.45, 7) is 8.09. The maximum Gasteiger partial charge on any atom is 0.407 e. The van der Waals surface area contributed by atoms with Crippen molar-refractivity contribution in [3.63, 3.8) is 0 Å². The van der Waals surface area contributed by atoms with Gasteiger partial charge in [0.1, 0.15) is 32.9 Å². The van der Waals surface area contributed by atoms with E-state index in [4.69, 9.17) is 29.8 Å². The van der Waals surface area contributed by atoms with Crippen LogP contribution in [0.15, 0.2) is 108 Å². The van der Waals surface area contributed by atoms with Crippen LogP contribution in [0.1, 0.15) is 44.7 Å². The molecule has 1 aliphatic rings. The van der Waals surface area contributed by atoms with E-state index >= 15 is 4.39 Å². The van der Waals surface area contributed by atoms with E-state index in [1.54, 1.807) is 34.1 Å². The second-order valence-corrected chi connectivity index (χ2v) is 19.5. The fraction of sp³-hybridized carbons (Fsp3) is 0.365. The number of rotatable bonds is 21. The van der Waals surface area contributed by atoms with Crippen LogP contribution in [0.4, 0.5) is 41.4 Å². The lowest BCUT2D eigenvalue weighted by Gasteiger charge is -2.37. The predicted molar refractivity (Wildman–Crippen MR) is 279 cm³/mol. The smallest absolute Gasteiger partial charge is 0.407 e. The number of thioether (sulfide) groups is 1. The van der Waals surface area contributed by atoms with Gasteiger partial charge in [0.25, 0.3) is 0 Å². The van der Waals surface area contributed by atoms with Crippen molar-refractivity contribution in [1.82, 2.24) is 34.8 Å². The van der Waals surface area contributed by atoms with Crippen LogP contribution in [0.2, 0.25) is 0 Å². The maximum atomic E-state index is 15.2. The summed E-state index contributed by atoms with van der Waals surface area (Å²) in [5, 5.41) is 14.2. The second-order valence-electron chi connectivity index (χ2n) is 18.2. The normalized spacial score (nSPS) is 14.7. The van der Waals surface area contributed by atoms with E-state index in [-0.39, 0.29) is 36.8 Å². The largest absolute Gasteiger partial charge is 0.494 e. The summed E-state index contributed by atoms with van der Waals surface area (Å²) in [5.74, 6) is -0.356. The number of hydrogen-bond acceptors (Lipinski definition) is 14. The number of hydrazone groups is 1. The highest BCUT2D eigenvalue weighted by atomic mass is 32.2. The third kappa shape index (κ3) is 12.9. The fourth-order valence-electron chi connectivity index (χ4n) is 8.09. The summed E-state index contributed by atoms with van der Waals surface area (Å²) < 4.78 is 48.9. The number of aryl methyl sites for hydroxylation is 1. The first kappa shape index (κ1) is 52.8. The molecule has 17 nitrogen and oxygen atoms in total. The van der Waals surface area contributed by atoms with Crippen molar-refractivity contribution in [2.24, 2.45) is 12.1 Å². The Morgan fingerprint density at radius 2 is 1.67 bits per heavy atom. The van der Waals surface area contributed by atoms with Crippen molar-refractivity contribution < 1.29 is 37.4 Å². The summed E-state index contributed by atoms with van der Waals surface area (Å²) in [4.78, 5) is 44.9. The highest BCUT2D eigenvalue weighted by molar-refractivity contribution is 8.15. The third-order valence-electron chi connectivity index (χ3n) is 11.8. The van der Waals surface area contributed by atoms with Gasteiger partial charge in [0.05, 0.1) is 49.7 Å². The number of aromatic nitrogens is 3. The number of halogens is 2. The molecule has 0 radical (unpaired) electrons. The number of carbonyl (C=O) groups excluding carboxylic acids is 2. The molecule has 0 aliphatic carbocycles. The topological polar surface area (TPSA) is 177 Å². The average Bonchev–Trinajstić information content (AvgIpc) is 3.92. The zero-order valence-corrected chi connectivity index (χ0v) is 42.8. The minimum absolute atomic E-state index is 0.0383. The summed E-state index contributed by atoms with van der Waals surface area (Å²) in [7, 11) is 9.04. The van der Waals surface area contributed by atoms with Crippen molar-refractivity contribution >= 4 is 62.8 Å². The Morgan fingerprint density at radius 1 is 0.903 bits per heavy atom. The number of fused-ring (bicyclic) bond motifs is 1. The van der Waals surface area contributed by atoms with Gasteiger partial charge in [0.15, 0.2) is 0 Å². The molecule has 20 heteroatoms. The monoisotopic (exact) mass is 1010 g/mol. The number of benzene rings is 4. The summed E-state index contributed by atoms with van der Waals surface area (Å²) >= 11 is 1.13. The van der Waals surface area contributed by atoms with E-state index in [1.165, 1.54) is 12.1 Å². The first-order chi connectivity index (χ1) is 34.5. The summed E-state index contributed by atoms with van der Waals surface area (Å²) in [6.07, 6.45) is 3.84. The molecule has 0 unspecified atom stereocenters. The molecule has 1 aliphatic heterocycles. The molecule has 72 heavy (non-hydrogen) atoms. The minimum Gasteiger partial charge on any atom is -0.494 e. The van der Waals surface area contributed by atoms with Gasteiger partial charge in [-0.2, -0.15) is 10.1 Å². The number of urea groups is 1. The van der Waals surface area contributed by atoms with Gasteiger partial charge in [-0.05, 0) is 82.6 Å². The lowest BCUT2D eigenvalue weighted by molar-refractivity contribution is -0.125. The lowest BCUT2D eigenvalue weighted by atomic mass is 10.0. The number of nitrogens with zero attached hydrogens (tertiary/aromatic N) is 8. The minimum atomic E-state index is -1.23. The maximum absolute atomic E-state index is 15.2. The number of amides is 3. The highest BCUT2D eigenvalue weighted by Gasteiger charge is 2.50. The predicted octanol–water partition coefficient (Wildman–Crippen LogP) is 9.18. The van der Waals surface area contributed by atoms with Crippen LogP contribution >= 0.6 is 11.8 Å². The quantitative estimate of drug-likeness (QED) is 0.0354. The standard InChI is InChI=1S/C52H63F2N11O6S/c1-51(2,3)71-49(66)57-23-14-22-52(35-15-10-9-11-16-35)65(60-47(72-52)38-31-36(53)19-20-40(38)54)50(67)64(7)70-30-29-69-28-27-61(4)25-26-62(5)45-33-46(68-8)43(32-41(45)55)59-48-56-24-21-42(58-48)39-34-63(6)44-18-13-12-17-37(39)44/h9-13,15-21,24,31-34H,14,22-23,25-30,55H2,1-8H3,(H,57,66)(H,56,58,59)/t52-/m0/s1. The van der Waals surface area contributed by atoms with Crippen LogP contribution in [-0.2, 0) is 26.2 Å². The number of anilines is 4. The Bertz CT molecular complexity index is 2870. The summed E-state index contributed by atoms with van der Waals surface area (Å²) in [6, 6.07) is 25.4. The molecule has 0 spiro atoms. The molecular weight excluding hydrogens is 945 g/mol. The van der Waals surface area contributed by atoms with Crippen molar-refractivity contribution in [2.75, 3.05) is 90.2 Å². The van der Waals surface area contributed by atoms with Crippen LogP contribution < -0.4 is 26.0 Å². The van der Waals surface area contributed by atoms with E-state index in [0.29, 0.717) is 61.3 Å². The van der Waals surface area contributed by atoms with Crippen molar-refractivity contribution in [3.8, 4) is 17.0 Å². The molecule has 0 saturated carbocycles. The molecule has 382 valence electrons. The molecule has 2 aromatic heterocycles. The van der Waals surface area contributed by atoms with Gasteiger partial charge in [0.2, 0.25) is 5.95 Å². The van der Waals surface area contributed by atoms with Crippen molar-refractivity contribution in [1.29, 1.82) is 0 Å². The number of likely N-dealkylation sites (N-methyl/N-ethyl adjacent to an activating group) is 2. The number of ether oxygens (including phenoxy) is 3. The van der Waals surface area contributed by atoms with Gasteiger partial charge in [0, 0.05) is 87.8 Å². The van der Waals surface area contributed by atoms with Gasteiger partial charge >= 0.3 is 12.1 Å². The van der Waals surface area contributed by atoms with E-state index < -0.39 is 34.2 Å². The van der Waals surface area contributed by atoms with E-state index in [9.17, 15) is 14.0 Å². The number of alkyl carbamates (subject to hydrolysis) is 1. The highest BCUT2D eigenvalue weighted by Crippen LogP contribution is 2.51. The van der Waals surface area contributed by atoms with E-state index in [2.05, 4.69) is 53.4 Å². The van der Waals surface area contributed by atoms with Crippen LogP contribution in [0, 0.1) is 11.6 Å². The molecule has 1 atom stereocenters. The van der Waals surface area contributed by atoms with Crippen molar-refractivity contribution in [3.05, 3.63) is 126 Å². The number of methoxy groups -OCH3 is 1. The van der Waals surface area contributed by atoms with Crippen LogP contribution in [-0.4, -0.2) is 127 Å². The molecule has 3 heterocycles. The fourth-order valence-corrected chi connectivity index (χ4v) is 9.51. The number of nitrogen functional groups attached to an aromatic ring is 1. The van der Waals surface area contributed by atoms with Gasteiger partial charge in [-0.1, -0.05) is 60.3 Å². The number of hydroxylamine groups is 2. The molecule has 3 amide bonds. The first-order valence-electron chi connectivity index (χ1n) is 23.5. The second kappa shape index (κ2) is 23.5. The van der Waals surface area contributed by atoms with Crippen molar-refractivity contribution in [2.45, 2.75) is 44.1 Å². The summed E-state index contributed by atoms with van der Waals surface area (Å²) in [5.41, 5.74) is 11.4. The lowest BCUT2D eigenvalue weighted by Crippen LogP contribution is -2.47. The first-order valence-corrected chi connectivity index (χ1v) is 24.3. The molecule has 6 aromatic rings. The molecular formula is C52H63F2N11O6S. The molecule has 0 saturated heterocycles. The van der Waals surface area contributed by atoms with Crippen LogP contribution in [0.25, 0.3) is 22.2 Å². The Hall–Kier alpha value is -7.00. The van der Waals surface area contributed by atoms with Gasteiger partial charge in [-0.3, -0.25) is 4.84 Å². The van der Waals surface area contributed by atoms with Crippen LogP contribution in [0.5, 0.6) is 5.75 Å². The van der Waals surface area contributed by atoms with Crippen LogP contribution in [0.3, 0.4) is 0 Å². The number of nitrogens with one attached hydrogen (secondary N) is 2. The SMILES string of the molecule is COc1cc(N(C)CCN(C)CCOCCON(C)C(=O)N2N=C(c3cc(F)ccc3F)S[C@@]2(CCCNC(=O)OC(C)(C)C)c2ccccc2)c(N)cc1Nc1nccc(-c2cn(C)c3ccccc23)n1. The zero-order valence-electron chi connectivity index (χ0n) is 41.9. The number of hydrogen-bond donors (Lipinski definition) is 3. The number of carbonyl (C=O) groups is 2. The average molecular weight is 1010 g/mol. The van der Waals surface area contributed by atoms with Gasteiger partial charge in [-0.25, -0.2) is 33.4 Å². The molecule has 0 fully saturated rings. The zero-order chi connectivity index (χ0) is 51.6. The van der Waals surface area contributed by atoms with E-state index in [0.717, 1.165) is 62.9 Å². The Morgan fingerprint density at radius 3 is 2.43 bits per heavy atom. The number of para-hydroxylation sites is 1. The molecule has 7 rings (SSSR count). The Balaban J connectivity index is 0.908. The molecule has 0 bridgehead atoms. The van der Waals surface area contributed by atoms with Gasteiger partial charge in [-0.15, -0.1) is 0 Å².